The summed E-state index contributed by atoms with van der Waals surface area (Å²) >= 11 is 0. The third-order valence-electron chi connectivity index (χ3n) is 3.68. The normalized spacial score (nSPS) is 11.4. The van der Waals surface area contributed by atoms with Gasteiger partial charge in [0, 0.05) is 12.7 Å². The molecule has 3 N–H and O–H groups in total. The van der Waals surface area contributed by atoms with Crippen molar-refractivity contribution in [3.63, 3.8) is 0 Å². The maximum Gasteiger partial charge on any atom is 0.411 e. The molecule has 0 aliphatic rings. The lowest BCUT2D eigenvalue weighted by atomic mass is 10.1. The number of aliphatic imine (C=N–C) groups is 1. The minimum Gasteiger partial charge on any atom is -0.367 e. The molecule has 0 radical (unpaired) electrons. The van der Waals surface area contributed by atoms with Crippen molar-refractivity contribution in [2.45, 2.75) is 26.3 Å². The summed E-state index contributed by atoms with van der Waals surface area (Å²) in [5, 5.41) is 8.71. The molecule has 7 nitrogen and oxygen atoms in total. The third-order valence-corrected chi connectivity index (χ3v) is 3.68. The largest absolute Gasteiger partial charge is 0.411 e. The van der Waals surface area contributed by atoms with Crippen LogP contribution in [0.4, 0.5) is 18.9 Å². The predicted octanol–water partition coefficient (Wildman–Crippen LogP) is 3.47. The van der Waals surface area contributed by atoms with Crippen LogP contribution in [0.3, 0.4) is 0 Å². The van der Waals surface area contributed by atoms with Gasteiger partial charge in [-0.25, -0.2) is 4.99 Å². The SMILES string of the molecule is CCNC(=NCc1ccc(COCC(F)(F)F)cc1)NCC(=O)Nc1cccnc1.I. The number of carbonyl (C=O) groups is 1. The van der Waals surface area contributed by atoms with Crippen molar-refractivity contribution in [3.05, 3.63) is 59.9 Å². The number of carbonyl (C=O) groups excluding carboxylic acids is 1. The van der Waals surface area contributed by atoms with Crippen LogP contribution in [0.1, 0.15) is 18.1 Å². The summed E-state index contributed by atoms with van der Waals surface area (Å²) < 4.78 is 40.9. The molecule has 31 heavy (non-hydrogen) atoms. The number of aromatic nitrogens is 1. The van der Waals surface area contributed by atoms with E-state index in [9.17, 15) is 18.0 Å². The number of nitrogens with one attached hydrogen (secondary N) is 3. The van der Waals surface area contributed by atoms with Crippen LogP contribution in [-0.4, -0.2) is 42.7 Å². The summed E-state index contributed by atoms with van der Waals surface area (Å²) in [6, 6.07) is 10.4. The van der Waals surface area contributed by atoms with Crippen molar-refractivity contribution in [3.8, 4) is 0 Å². The van der Waals surface area contributed by atoms with Gasteiger partial charge in [-0.3, -0.25) is 9.78 Å². The minimum absolute atomic E-state index is 0. The Morgan fingerprint density at radius 1 is 1.13 bits per heavy atom. The summed E-state index contributed by atoms with van der Waals surface area (Å²) in [7, 11) is 0. The zero-order valence-corrected chi connectivity index (χ0v) is 19.2. The van der Waals surface area contributed by atoms with Gasteiger partial charge in [-0.2, -0.15) is 13.2 Å². The first-order valence-electron chi connectivity index (χ1n) is 9.30. The highest BCUT2D eigenvalue weighted by molar-refractivity contribution is 14.0. The molecule has 0 aliphatic carbocycles. The highest BCUT2D eigenvalue weighted by Gasteiger charge is 2.27. The number of ether oxygens (including phenoxy) is 1. The first-order chi connectivity index (χ1) is 14.4. The van der Waals surface area contributed by atoms with Gasteiger partial charge in [0.25, 0.3) is 0 Å². The van der Waals surface area contributed by atoms with Crippen LogP contribution < -0.4 is 16.0 Å². The zero-order valence-electron chi connectivity index (χ0n) is 16.9. The summed E-state index contributed by atoms with van der Waals surface area (Å²) in [6.07, 6.45) is -1.17. The standard InChI is InChI=1S/C20H24F3N5O2.HI/c1-2-25-19(27-12-18(29)28-17-4-3-9-24-11-17)26-10-15-5-7-16(8-6-15)13-30-14-20(21,22)23;/h3-9,11H,2,10,12-14H2,1H3,(H,28,29)(H2,25,26,27);1H. The highest BCUT2D eigenvalue weighted by Crippen LogP contribution is 2.16. The molecule has 170 valence electrons. The molecule has 11 heteroatoms. The van der Waals surface area contributed by atoms with Crippen molar-refractivity contribution in [1.29, 1.82) is 0 Å². The molecule has 0 unspecified atom stereocenters. The highest BCUT2D eigenvalue weighted by atomic mass is 127. The molecule has 1 aromatic carbocycles. The van der Waals surface area contributed by atoms with E-state index in [0.29, 0.717) is 30.3 Å². The van der Waals surface area contributed by atoms with E-state index < -0.39 is 12.8 Å². The third kappa shape index (κ3) is 11.5. The molecule has 0 spiro atoms. The van der Waals surface area contributed by atoms with Gasteiger partial charge < -0.3 is 20.7 Å². The van der Waals surface area contributed by atoms with Crippen LogP contribution in [-0.2, 0) is 22.7 Å². The number of halogens is 4. The minimum atomic E-state index is -4.33. The number of pyridine rings is 1. The summed E-state index contributed by atoms with van der Waals surface area (Å²) in [5.74, 6) is 0.230. The van der Waals surface area contributed by atoms with E-state index in [4.69, 9.17) is 0 Å². The first kappa shape index (κ1) is 26.6. The predicted molar refractivity (Wildman–Crippen MR) is 123 cm³/mol. The number of anilines is 1. The van der Waals surface area contributed by atoms with E-state index in [2.05, 4.69) is 30.7 Å². The number of hydrogen-bond acceptors (Lipinski definition) is 4. The molecule has 2 rings (SSSR count). The second kappa shape index (κ2) is 13.8. The number of amides is 1. The topological polar surface area (TPSA) is 87.6 Å². The van der Waals surface area contributed by atoms with Crippen LogP contribution >= 0.6 is 24.0 Å². The zero-order chi connectivity index (χ0) is 21.8. The monoisotopic (exact) mass is 551 g/mol. The van der Waals surface area contributed by atoms with Crippen LogP contribution in [0.15, 0.2) is 53.8 Å². The molecule has 1 amide bonds. The second-order valence-corrected chi connectivity index (χ2v) is 6.26. The van der Waals surface area contributed by atoms with E-state index in [-0.39, 0.29) is 43.0 Å². The molecule has 0 saturated carbocycles. The Morgan fingerprint density at radius 3 is 2.45 bits per heavy atom. The van der Waals surface area contributed by atoms with E-state index in [0.717, 1.165) is 5.56 Å². The number of hydrogen-bond donors (Lipinski definition) is 3. The summed E-state index contributed by atoms with van der Waals surface area (Å²) in [5.41, 5.74) is 2.11. The van der Waals surface area contributed by atoms with Gasteiger partial charge in [0.15, 0.2) is 5.96 Å². The Bertz CT molecular complexity index is 818. The van der Waals surface area contributed by atoms with Crippen molar-refractivity contribution in [2.75, 3.05) is 25.0 Å². The lowest BCUT2D eigenvalue weighted by Crippen LogP contribution is -2.41. The number of rotatable bonds is 9. The molecule has 2 aromatic rings. The average Bonchev–Trinajstić information content (AvgIpc) is 2.71. The molecule has 0 fully saturated rings. The number of benzene rings is 1. The van der Waals surface area contributed by atoms with Crippen LogP contribution in [0.5, 0.6) is 0 Å². The Balaban J connectivity index is 0.00000480. The molecular weight excluding hydrogens is 526 g/mol. The van der Waals surface area contributed by atoms with Crippen molar-refractivity contribution in [1.82, 2.24) is 15.6 Å². The fourth-order valence-corrected chi connectivity index (χ4v) is 2.34. The van der Waals surface area contributed by atoms with Gasteiger partial charge >= 0.3 is 6.18 Å². The van der Waals surface area contributed by atoms with Gasteiger partial charge in [-0.1, -0.05) is 24.3 Å². The molecule has 1 aromatic heterocycles. The molecular formula is C20H25F3IN5O2. The average molecular weight is 551 g/mol. The number of nitrogens with zero attached hydrogens (tertiary/aromatic N) is 2. The Kier molecular flexibility index (Phi) is 11.9. The van der Waals surface area contributed by atoms with Gasteiger partial charge in [0.2, 0.25) is 5.91 Å². The quantitative estimate of drug-likeness (QED) is 0.253. The van der Waals surface area contributed by atoms with Crippen LogP contribution in [0.2, 0.25) is 0 Å². The number of guanidine groups is 1. The van der Waals surface area contributed by atoms with Crippen molar-refractivity contribution >= 4 is 41.5 Å². The van der Waals surface area contributed by atoms with Gasteiger partial charge in [0.1, 0.15) is 6.61 Å². The molecule has 0 bridgehead atoms. The van der Waals surface area contributed by atoms with Gasteiger partial charge in [-0.05, 0) is 30.2 Å². The summed E-state index contributed by atoms with van der Waals surface area (Å²) in [4.78, 5) is 20.4. The summed E-state index contributed by atoms with van der Waals surface area (Å²) in [6.45, 7) is 1.50. The maximum atomic E-state index is 12.1. The van der Waals surface area contributed by atoms with E-state index in [1.165, 1.54) is 0 Å². The maximum absolute atomic E-state index is 12.1. The fourth-order valence-electron chi connectivity index (χ4n) is 2.34. The van der Waals surface area contributed by atoms with E-state index in [1.54, 1.807) is 48.8 Å². The van der Waals surface area contributed by atoms with E-state index in [1.807, 2.05) is 6.92 Å². The fraction of sp³-hybridized carbons (Fsp3) is 0.350. The second-order valence-electron chi connectivity index (χ2n) is 6.26. The van der Waals surface area contributed by atoms with Crippen LogP contribution in [0, 0.1) is 0 Å². The lowest BCUT2D eigenvalue weighted by molar-refractivity contribution is -0.176. The Morgan fingerprint density at radius 2 is 1.84 bits per heavy atom. The smallest absolute Gasteiger partial charge is 0.367 e. The van der Waals surface area contributed by atoms with Crippen molar-refractivity contribution in [2.24, 2.45) is 4.99 Å². The molecule has 1 heterocycles. The molecule has 0 saturated heterocycles. The Hall–Kier alpha value is -2.41. The number of alkyl halides is 3. The van der Waals surface area contributed by atoms with Gasteiger partial charge in [-0.15, -0.1) is 24.0 Å². The first-order valence-corrected chi connectivity index (χ1v) is 9.30. The van der Waals surface area contributed by atoms with Gasteiger partial charge in [0.05, 0.1) is 31.6 Å². The van der Waals surface area contributed by atoms with Crippen molar-refractivity contribution < 1.29 is 22.7 Å². The Labute approximate surface area is 195 Å². The lowest BCUT2D eigenvalue weighted by Gasteiger charge is -2.11. The molecule has 0 atom stereocenters. The molecule has 0 aliphatic heterocycles. The van der Waals surface area contributed by atoms with E-state index >= 15 is 0 Å². The van der Waals surface area contributed by atoms with Crippen LogP contribution in [0.25, 0.3) is 0 Å².